The number of carbonyl (C=O) groups excluding carboxylic acids is 2. The first-order valence-electron chi connectivity index (χ1n) is 7.75. The van der Waals surface area contributed by atoms with Gasteiger partial charge >= 0.3 is 0 Å². The van der Waals surface area contributed by atoms with Crippen LogP contribution in [-0.4, -0.2) is 11.7 Å². The van der Waals surface area contributed by atoms with Gasteiger partial charge in [0.2, 0.25) is 5.91 Å². The van der Waals surface area contributed by atoms with Gasteiger partial charge in [0.15, 0.2) is 0 Å². The number of rotatable bonds is 2. The molecule has 3 nitrogen and oxygen atoms in total. The third-order valence-electron chi connectivity index (χ3n) is 6.57. The van der Waals surface area contributed by atoms with Crippen molar-refractivity contribution < 1.29 is 9.59 Å². The van der Waals surface area contributed by atoms with Crippen LogP contribution in [-0.2, 0) is 9.59 Å². The number of Topliss-reactive ketones (excluding diaryl/α,β-unsaturated/α-hetero) is 1. The second kappa shape index (κ2) is 4.58. The van der Waals surface area contributed by atoms with Crippen molar-refractivity contribution in [2.45, 2.75) is 47.0 Å². The van der Waals surface area contributed by atoms with E-state index in [-0.39, 0.29) is 22.5 Å². The summed E-state index contributed by atoms with van der Waals surface area (Å²) in [5, 5.41) is 3.62. The molecule has 0 spiro atoms. The average molecular weight is 320 g/mol. The van der Waals surface area contributed by atoms with Gasteiger partial charge in [0, 0.05) is 22.5 Å². The first-order valence-corrected chi connectivity index (χ1v) is 8.13. The number of halogens is 1. The maximum Gasteiger partial charge on any atom is 0.231 e. The topological polar surface area (TPSA) is 46.2 Å². The largest absolute Gasteiger partial charge is 0.326 e. The van der Waals surface area contributed by atoms with Crippen molar-refractivity contribution in [1.29, 1.82) is 0 Å². The van der Waals surface area contributed by atoms with Crippen molar-refractivity contribution in [2.24, 2.45) is 16.2 Å². The minimum atomic E-state index is -0.601. The molecule has 1 amide bonds. The van der Waals surface area contributed by atoms with Gasteiger partial charge in [0.1, 0.15) is 5.78 Å². The molecule has 4 heteroatoms. The molecule has 2 aliphatic carbocycles. The van der Waals surface area contributed by atoms with E-state index in [0.29, 0.717) is 17.1 Å². The van der Waals surface area contributed by atoms with Crippen molar-refractivity contribution in [1.82, 2.24) is 0 Å². The average Bonchev–Trinajstić information content (AvgIpc) is 2.73. The van der Waals surface area contributed by atoms with Gasteiger partial charge < -0.3 is 5.32 Å². The van der Waals surface area contributed by atoms with Crippen LogP contribution in [0, 0.1) is 23.2 Å². The lowest BCUT2D eigenvalue weighted by atomic mass is 9.64. The van der Waals surface area contributed by atoms with Crippen LogP contribution in [0.15, 0.2) is 18.2 Å². The van der Waals surface area contributed by atoms with Gasteiger partial charge in [-0.25, -0.2) is 0 Å². The monoisotopic (exact) mass is 319 g/mol. The maximum absolute atomic E-state index is 13.0. The third-order valence-corrected chi connectivity index (χ3v) is 6.98. The predicted octanol–water partition coefficient (Wildman–Crippen LogP) is 4.37. The van der Waals surface area contributed by atoms with Gasteiger partial charge in [-0.05, 0) is 42.9 Å². The van der Waals surface area contributed by atoms with E-state index in [4.69, 9.17) is 11.6 Å². The van der Waals surface area contributed by atoms with Crippen LogP contribution < -0.4 is 5.32 Å². The Kier molecular flexibility index (Phi) is 3.23. The predicted molar refractivity (Wildman–Crippen MR) is 88.0 cm³/mol. The van der Waals surface area contributed by atoms with E-state index in [1.807, 2.05) is 26.0 Å². The van der Waals surface area contributed by atoms with E-state index in [1.54, 1.807) is 6.07 Å². The Morgan fingerprint density at radius 3 is 2.41 bits per heavy atom. The molecule has 1 aromatic rings. The van der Waals surface area contributed by atoms with Gasteiger partial charge in [-0.3, -0.25) is 9.59 Å². The summed E-state index contributed by atoms with van der Waals surface area (Å²) in [5.74, 6) is 0.174. The van der Waals surface area contributed by atoms with Crippen molar-refractivity contribution in [3.05, 3.63) is 28.8 Å². The lowest BCUT2D eigenvalue weighted by Crippen LogP contribution is -2.43. The summed E-state index contributed by atoms with van der Waals surface area (Å²) in [6.07, 6.45) is 1.91. The van der Waals surface area contributed by atoms with E-state index in [2.05, 4.69) is 19.2 Å². The molecule has 1 N–H and O–H groups in total. The van der Waals surface area contributed by atoms with Gasteiger partial charge in [-0.1, -0.05) is 38.4 Å². The second-order valence-electron chi connectivity index (χ2n) is 7.56. The van der Waals surface area contributed by atoms with Crippen molar-refractivity contribution in [3.8, 4) is 0 Å². The summed E-state index contributed by atoms with van der Waals surface area (Å²) in [4.78, 5) is 25.4. The molecule has 2 bridgehead atoms. The number of benzene rings is 1. The lowest BCUT2D eigenvalue weighted by Gasteiger charge is -2.38. The summed E-state index contributed by atoms with van der Waals surface area (Å²) in [7, 11) is 0. The molecule has 0 radical (unpaired) electrons. The standard InChI is InChI=1S/C18H22ClNO2/c1-11-5-6-12(9-13(11)19)20-15(22)18-8-7-17(4,14(21)10-18)16(18,2)3/h5-6,9H,7-8,10H2,1-4H3,(H,20,22)/t17-,18+/m0/s1. The lowest BCUT2D eigenvalue weighted by molar-refractivity contribution is -0.131. The fourth-order valence-corrected chi connectivity index (χ4v) is 4.46. The minimum Gasteiger partial charge on any atom is -0.326 e. The Morgan fingerprint density at radius 2 is 1.91 bits per heavy atom. The van der Waals surface area contributed by atoms with Gasteiger partial charge in [-0.15, -0.1) is 0 Å². The molecule has 3 rings (SSSR count). The van der Waals surface area contributed by atoms with E-state index < -0.39 is 5.41 Å². The Labute approximate surface area is 136 Å². The molecule has 0 aromatic heterocycles. The van der Waals surface area contributed by atoms with Gasteiger partial charge in [0.25, 0.3) is 0 Å². The van der Waals surface area contributed by atoms with Crippen LogP contribution in [0.4, 0.5) is 5.69 Å². The smallest absolute Gasteiger partial charge is 0.231 e. The molecule has 2 aliphatic rings. The molecular formula is C18H22ClNO2. The Bertz CT molecular complexity index is 682. The number of aryl methyl sites for hydroxylation is 1. The van der Waals surface area contributed by atoms with E-state index >= 15 is 0 Å². The van der Waals surface area contributed by atoms with Crippen LogP contribution in [0.25, 0.3) is 0 Å². The summed E-state index contributed by atoms with van der Waals surface area (Å²) in [6.45, 7) is 8.06. The van der Waals surface area contributed by atoms with E-state index in [9.17, 15) is 9.59 Å². The maximum atomic E-state index is 13.0. The number of nitrogens with one attached hydrogen (secondary N) is 1. The molecule has 0 heterocycles. The zero-order chi connectivity index (χ0) is 16.3. The highest BCUT2D eigenvalue weighted by Gasteiger charge is 2.72. The van der Waals surface area contributed by atoms with Gasteiger partial charge in [0.05, 0.1) is 5.41 Å². The van der Waals surface area contributed by atoms with E-state index in [0.717, 1.165) is 18.4 Å². The second-order valence-corrected chi connectivity index (χ2v) is 7.96. The normalized spacial score (nSPS) is 32.3. The summed E-state index contributed by atoms with van der Waals surface area (Å²) in [6, 6.07) is 5.51. The van der Waals surface area contributed by atoms with Crippen LogP contribution in [0.3, 0.4) is 0 Å². The Morgan fingerprint density at radius 1 is 1.23 bits per heavy atom. The summed E-state index contributed by atoms with van der Waals surface area (Å²) >= 11 is 6.13. The van der Waals surface area contributed by atoms with Crippen molar-refractivity contribution >= 4 is 29.0 Å². The van der Waals surface area contributed by atoms with Crippen LogP contribution in [0.5, 0.6) is 0 Å². The SMILES string of the molecule is Cc1ccc(NC(=O)[C@@]23CC[C@@](C)(C(=O)C2)C3(C)C)cc1Cl. The number of carbonyl (C=O) groups is 2. The molecule has 2 saturated carbocycles. The van der Waals surface area contributed by atoms with Gasteiger partial charge in [-0.2, -0.15) is 0 Å². The molecule has 2 fully saturated rings. The molecule has 0 unspecified atom stereocenters. The highest BCUT2D eigenvalue weighted by molar-refractivity contribution is 6.31. The molecule has 2 atom stereocenters. The number of anilines is 1. The molecule has 22 heavy (non-hydrogen) atoms. The Balaban J connectivity index is 1.92. The summed E-state index contributed by atoms with van der Waals surface area (Å²) < 4.78 is 0. The quantitative estimate of drug-likeness (QED) is 0.879. The first kappa shape index (κ1) is 15.5. The third kappa shape index (κ3) is 1.75. The van der Waals surface area contributed by atoms with E-state index in [1.165, 1.54) is 0 Å². The minimum absolute atomic E-state index is 0.0491. The highest BCUT2D eigenvalue weighted by atomic mass is 35.5. The molecular weight excluding hydrogens is 298 g/mol. The molecule has 0 saturated heterocycles. The van der Waals surface area contributed by atoms with Crippen LogP contribution in [0.1, 0.15) is 45.6 Å². The number of ketones is 1. The highest BCUT2D eigenvalue weighted by Crippen LogP contribution is 2.70. The number of fused-ring (bicyclic) bond motifs is 2. The number of hydrogen-bond donors (Lipinski definition) is 1. The fraction of sp³-hybridized carbons (Fsp3) is 0.556. The van der Waals surface area contributed by atoms with Crippen LogP contribution >= 0.6 is 11.6 Å². The molecule has 118 valence electrons. The fourth-order valence-electron chi connectivity index (χ4n) is 4.28. The summed E-state index contributed by atoms with van der Waals surface area (Å²) in [5.41, 5.74) is 0.363. The molecule has 0 aliphatic heterocycles. The number of amides is 1. The molecule has 1 aromatic carbocycles. The zero-order valence-electron chi connectivity index (χ0n) is 13.5. The van der Waals surface area contributed by atoms with Crippen molar-refractivity contribution in [3.63, 3.8) is 0 Å². The number of hydrogen-bond acceptors (Lipinski definition) is 2. The Hall–Kier alpha value is -1.35. The van der Waals surface area contributed by atoms with Crippen molar-refractivity contribution in [2.75, 3.05) is 5.32 Å². The van der Waals surface area contributed by atoms with Crippen LogP contribution in [0.2, 0.25) is 5.02 Å². The zero-order valence-corrected chi connectivity index (χ0v) is 14.3. The first-order chi connectivity index (χ1) is 10.1.